The molecule has 0 saturated carbocycles. The molecule has 1 atom stereocenters. The van der Waals surface area contributed by atoms with E-state index in [9.17, 15) is 22.4 Å². The summed E-state index contributed by atoms with van der Waals surface area (Å²) in [4.78, 5) is 24.8. The largest absolute Gasteiger partial charge is 0.463 e. The molecule has 0 aromatic heterocycles. The molecule has 2 amide bonds. The normalized spacial score (nSPS) is 16.6. The monoisotopic (exact) mass is 452 g/mol. The number of sulfone groups is 1. The molecule has 158 valence electrons. The molecule has 0 saturated heterocycles. The van der Waals surface area contributed by atoms with Gasteiger partial charge < -0.3 is 15.4 Å². The van der Waals surface area contributed by atoms with E-state index in [-0.39, 0.29) is 22.8 Å². The molecule has 0 fully saturated rings. The highest BCUT2D eigenvalue weighted by molar-refractivity contribution is 7.91. The summed E-state index contributed by atoms with van der Waals surface area (Å²) in [6.07, 6.45) is 0. The maximum atomic E-state index is 13.2. The Morgan fingerprint density at radius 2 is 1.90 bits per heavy atom. The summed E-state index contributed by atoms with van der Waals surface area (Å²) in [5, 5.41) is 5.38. The number of benzene rings is 2. The Labute approximate surface area is 177 Å². The quantitative estimate of drug-likeness (QED) is 0.518. The lowest BCUT2D eigenvalue weighted by Crippen LogP contribution is -2.47. The highest BCUT2D eigenvalue weighted by atomic mass is 35.5. The summed E-state index contributed by atoms with van der Waals surface area (Å²) >= 11 is 6.04. The van der Waals surface area contributed by atoms with Gasteiger partial charge >= 0.3 is 12.0 Å². The summed E-state index contributed by atoms with van der Waals surface area (Å²) in [6, 6.07) is 9.10. The lowest BCUT2D eigenvalue weighted by Gasteiger charge is -2.29. The fourth-order valence-corrected chi connectivity index (χ4v) is 4.56. The van der Waals surface area contributed by atoms with Crippen molar-refractivity contribution >= 4 is 33.4 Å². The van der Waals surface area contributed by atoms with E-state index in [4.69, 9.17) is 16.3 Å². The van der Waals surface area contributed by atoms with Gasteiger partial charge in [-0.25, -0.2) is 22.4 Å². The van der Waals surface area contributed by atoms with Crippen molar-refractivity contribution in [2.24, 2.45) is 0 Å². The van der Waals surface area contributed by atoms with E-state index < -0.39 is 39.4 Å². The fourth-order valence-electron chi connectivity index (χ4n) is 3.03. The van der Waals surface area contributed by atoms with Crippen LogP contribution in [0.1, 0.15) is 18.5 Å². The van der Waals surface area contributed by atoms with Crippen molar-refractivity contribution in [1.29, 1.82) is 0 Å². The molecule has 2 aromatic rings. The first-order chi connectivity index (χ1) is 14.2. The molecule has 1 aliphatic heterocycles. The maximum Gasteiger partial charge on any atom is 0.338 e. The number of hydrogen-bond donors (Lipinski definition) is 2. The van der Waals surface area contributed by atoms with E-state index in [1.807, 2.05) is 0 Å². The van der Waals surface area contributed by atoms with Gasteiger partial charge in [0.05, 0.1) is 28.9 Å². The Morgan fingerprint density at radius 1 is 1.20 bits per heavy atom. The number of hydrogen-bond acceptors (Lipinski definition) is 5. The topological polar surface area (TPSA) is 102 Å². The van der Waals surface area contributed by atoms with Crippen LogP contribution in [0.2, 0.25) is 5.02 Å². The number of carbonyl (C=O) groups excluding carboxylic acids is 2. The zero-order valence-corrected chi connectivity index (χ0v) is 17.4. The zero-order valence-electron chi connectivity index (χ0n) is 15.8. The Balaban J connectivity index is 2.10. The van der Waals surface area contributed by atoms with Crippen LogP contribution in [-0.4, -0.2) is 32.8 Å². The van der Waals surface area contributed by atoms with E-state index in [0.29, 0.717) is 10.6 Å². The van der Waals surface area contributed by atoms with E-state index in [1.54, 1.807) is 31.2 Å². The van der Waals surface area contributed by atoms with Crippen molar-refractivity contribution in [2.45, 2.75) is 17.9 Å². The molecule has 0 spiro atoms. The van der Waals surface area contributed by atoms with Crippen LogP contribution < -0.4 is 10.6 Å². The van der Waals surface area contributed by atoms with Gasteiger partial charge in [0.2, 0.25) is 0 Å². The predicted octanol–water partition coefficient (Wildman–Crippen LogP) is 3.12. The first-order valence-electron chi connectivity index (χ1n) is 8.92. The number of rotatable bonds is 6. The summed E-state index contributed by atoms with van der Waals surface area (Å²) in [7, 11) is -4.00. The third-order valence-electron chi connectivity index (χ3n) is 4.34. The molecular formula is C20H18ClFN2O5S. The van der Waals surface area contributed by atoms with Crippen molar-refractivity contribution in [2.75, 3.05) is 12.4 Å². The molecule has 30 heavy (non-hydrogen) atoms. The number of ether oxygens (including phenoxy) is 1. The van der Waals surface area contributed by atoms with Crippen molar-refractivity contribution < 1.29 is 27.1 Å². The van der Waals surface area contributed by atoms with Crippen LogP contribution in [0.25, 0.3) is 0 Å². The maximum absolute atomic E-state index is 13.2. The van der Waals surface area contributed by atoms with Gasteiger partial charge in [0, 0.05) is 10.7 Å². The molecule has 7 nitrogen and oxygen atoms in total. The van der Waals surface area contributed by atoms with E-state index in [0.717, 1.165) is 24.3 Å². The number of amides is 2. The number of carbonyl (C=O) groups is 2. The van der Waals surface area contributed by atoms with Gasteiger partial charge in [-0.1, -0.05) is 23.7 Å². The Hall–Kier alpha value is -2.91. The average Bonchev–Trinajstić information content (AvgIpc) is 2.67. The van der Waals surface area contributed by atoms with Crippen LogP contribution >= 0.6 is 11.6 Å². The van der Waals surface area contributed by atoms with Gasteiger partial charge in [-0.15, -0.1) is 0 Å². The number of nitrogens with one attached hydrogen (secondary N) is 2. The van der Waals surface area contributed by atoms with Crippen LogP contribution in [0.3, 0.4) is 0 Å². The smallest absolute Gasteiger partial charge is 0.338 e. The van der Waals surface area contributed by atoms with E-state index >= 15 is 0 Å². The molecule has 1 aliphatic rings. The fraction of sp³-hybridized carbons (Fsp3) is 0.200. The number of esters is 1. The van der Waals surface area contributed by atoms with Crippen LogP contribution in [0.15, 0.2) is 64.7 Å². The summed E-state index contributed by atoms with van der Waals surface area (Å²) in [5.41, 5.74) is 0.313. The highest BCUT2D eigenvalue weighted by Crippen LogP contribution is 2.30. The van der Waals surface area contributed by atoms with Crippen LogP contribution in [0.4, 0.5) is 9.18 Å². The molecule has 0 radical (unpaired) electrons. The predicted molar refractivity (Wildman–Crippen MR) is 108 cm³/mol. The minimum absolute atomic E-state index is 0.0515. The second-order valence-electron chi connectivity index (χ2n) is 6.41. The highest BCUT2D eigenvalue weighted by Gasteiger charge is 2.35. The number of halogens is 2. The van der Waals surface area contributed by atoms with Gasteiger partial charge in [0.15, 0.2) is 9.84 Å². The van der Waals surface area contributed by atoms with Crippen molar-refractivity contribution in [1.82, 2.24) is 10.6 Å². The van der Waals surface area contributed by atoms with E-state index in [2.05, 4.69) is 10.6 Å². The van der Waals surface area contributed by atoms with Crippen LogP contribution in [0, 0.1) is 5.82 Å². The van der Waals surface area contributed by atoms with Crippen LogP contribution in [-0.2, 0) is 19.4 Å². The van der Waals surface area contributed by atoms with Gasteiger partial charge in [0.25, 0.3) is 0 Å². The first kappa shape index (κ1) is 21.8. The van der Waals surface area contributed by atoms with Gasteiger partial charge in [-0.2, -0.15) is 0 Å². The Bertz CT molecular complexity index is 1120. The Kier molecular flexibility index (Phi) is 6.42. The van der Waals surface area contributed by atoms with E-state index in [1.165, 1.54) is 0 Å². The summed E-state index contributed by atoms with van der Waals surface area (Å²) < 4.78 is 43.9. The van der Waals surface area contributed by atoms with Crippen molar-refractivity contribution in [3.8, 4) is 0 Å². The van der Waals surface area contributed by atoms with Crippen molar-refractivity contribution in [3.05, 3.63) is 76.2 Å². The minimum Gasteiger partial charge on any atom is -0.463 e. The standard InChI is InChI=1S/C20H18ClFN2O5S/c1-2-29-19(25)17-16(11-30(27,28)15-8-6-14(22)7-9-15)23-20(26)24-18(17)12-4-3-5-13(21)10-12/h3-10,18H,2,11H2,1H3,(H2,23,24,26)/t18-/m1/s1. The molecule has 0 unspecified atom stereocenters. The lowest BCUT2D eigenvalue weighted by atomic mass is 9.95. The average molecular weight is 453 g/mol. The van der Waals surface area contributed by atoms with Gasteiger partial charge in [0.1, 0.15) is 5.82 Å². The second kappa shape index (κ2) is 8.85. The minimum atomic E-state index is -4.00. The molecule has 0 bridgehead atoms. The molecule has 0 aliphatic carbocycles. The lowest BCUT2D eigenvalue weighted by molar-refractivity contribution is -0.139. The van der Waals surface area contributed by atoms with Gasteiger partial charge in [-0.3, -0.25) is 0 Å². The SMILES string of the molecule is CCOC(=O)C1=C(CS(=O)(=O)c2ccc(F)cc2)NC(=O)N[C@@H]1c1cccc(Cl)c1. The summed E-state index contributed by atoms with van der Waals surface area (Å²) in [6.45, 7) is 1.66. The molecule has 10 heteroatoms. The van der Waals surface area contributed by atoms with Gasteiger partial charge in [-0.05, 0) is 48.9 Å². The molecule has 2 aromatic carbocycles. The molecule has 3 rings (SSSR count). The third kappa shape index (κ3) is 4.80. The van der Waals surface area contributed by atoms with Crippen LogP contribution in [0.5, 0.6) is 0 Å². The summed E-state index contributed by atoms with van der Waals surface area (Å²) in [5.74, 6) is -2.05. The zero-order chi connectivity index (χ0) is 21.9. The molecular weight excluding hydrogens is 435 g/mol. The molecule has 2 N–H and O–H groups in total. The molecule has 1 heterocycles. The van der Waals surface area contributed by atoms with Crippen molar-refractivity contribution in [3.63, 3.8) is 0 Å². The third-order valence-corrected chi connectivity index (χ3v) is 6.23. The first-order valence-corrected chi connectivity index (χ1v) is 11.0. The second-order valence-corrected chi connectivity index (χ2v) is 8.84. The Morgan fingerprint density at radius 3 is 2.53 bits per heavy atom. The number of urea groups is 1.